The van der Waals surface area contributed by atoms with Crippen LogP contribution in [0, 0.1) is 0 Å². The molecule has 0 aliphatic carbocycles. The summed E-state index contributed by atoms with van der Waals surface area (Å²) in [6.45, 7) is 2.15. The lowest BCUT2D eigenvalue weighted by atomic mass is 10.3. The lowest BCUT2D eigenvalue weighted by molar-refractivity contribution is 0.761. The minimum absolute atomic E-state index is 0.0694. The van der Waals surface area contributed by atoms with Crippen molar-refractivity contribution in [3.05, 3.63) is 0 Å². The van der Waals surface area contributed by atoms with E-state index in [1.54, 1.807) is 0 Å². The second-order valence-electron chi connectivity index (χ2n) is 1.58. The molecule has 0 amide bonds. The van der Waals surface area contributed by atoms with Gasteiger partial charge in [0.15, 0.2) is 0 Å². The number of unbranched alkanes of at least 4 members (excludes halogenated alkanes) is 1. The molecule has 0 spiro atoms. The Morgan fingerprint density at radius 3 is 2.43 bits per heavy atom. The lowest BCUT2D eigenvalue weighted by Gasteiger charge is -1.95. The fourth-order valence-corrected chi connectivity index (χ4v) is 0.709. The van der Waals surface area contributed by atoms with Gasteiger partial charge in [0.1, 0.15) is 0 Å². The van der Waals surface area contributed by atoms with Crippen molar-refractivity contribution in [2.75, 3.05) is 0 Å². The molecule has 1 atom stereocenters. The summed E-state index contributed by atoms with van der Waals surface area (Å²) in [4.78, 5) is 0. The van der Waals surface area contributed by atoms with Gasteiger partial charge in [0.05, 0.1) is 4.71 Å². The number of hydrogen-bond donors (Lipinski definition) is 1. The lowest BCUT2D eigenvalue weighted by Crippen LogP contribution is -1.83. The zero-order valence-electron chi connectivity index (χ0n) is 4.52. The number of thiol groups is 1. The molecule has 0 aliphatic rings. The molecule has 0 aliphatic heterocycles. The first-order chi connectivity index (χ1) is 3.27. The fourth-order valence-electron chi connectivity index (χ4n) is 0.373. The fraction of sp³-hybridized carbons (Fsp3) is 1.00. The largest absolute Gasteiger partial charge is 0.160 e. The minimum atomic E-state index is 0.0694. The maximum absolute atomic E-state index is 5.52. The molecule has 0 heterocycles. The Bertz CT molecular complexity index is 37.1. The molecule has 44 valence electrons. The summed E-state index contributed by atoms with van der Waals surface area (Å²) >= 11 is 9.52. The highest BCUT2D eigenvalue weighted by Crippen LogP contribution is 2.09. The van der Waals surface area contributed by atoms with Gasteiger partial charge in [0.25, 0.3) is 0 Å². The summed E-state index contributed by atoms with van der Waals surface area (Å²) in [7, 11) is 0. The molecule has 2 heteroatoms. The molecule has 0 aromatic heterocycles. The predicted molar refractivity (Wildman–Crippen MR) is 38.2 cm³/mol. The Labute approximate surface area is 55.7 Å². The van der Waals surface area contributed by atoms with Crippen molar-refractivity contribution in [1.29, 1.82) is 0 Å². The molecule has 0 aromatic carbocycles. The SMILES string of the molecule is CCCCC(S)Cl. The molecule has 7 heavy (non-hydrogen) atoms. The molecule has 0 aromatic rings. The first-order valence-corrected chi connectivity index (χ1v) is 3.54. The van der Waals surface area contributed by atoms with Gasteiger partial charge in [0.2, 0.25) is 0 Å². The summed E-state index contributed by atoms with van der Waals surface area (Å²) in [6, 6.07) is 0. The topological polar surface area (TPSA) is 0 Å². The number of hydrogen-bond acceptors (Lipinski definition) is 1. The molecule has 0 radical (unpaired) electrons. The predicted octanol–water partition coefficient (Wildman–Crippen LogP) is 2.67. The second-order valence-corrected chi connectivity index (χ2v) is 3.03. The highest BCUT2D eigenvalue weighted by molar-refractivity contribution is 7.82. The van der Waals surface area contributed by atoms with Gasteiger partial charge >= 0.3 is 0 Å². The van der Waals surface area contributed by atoms with E-state index in [1.807, 2.05) is 0 Å². The van der Waals surface area contributed by atoms with E-state index in [9.17, 15) is 0 Å². The van der Waals surface area contributed by atoms with E-state index in [4.69, 9.17) is 11.6 Å². The van der Waals surface area contributed by atoms with Crippen LogP contribution in [0.25, 0.3) is 0 Å². The van der Waals surface area contributed by atoms with Crippen molar-refractivity contribution < 1.29 is 0 Å². The van der Waals surface area contributed by atoms with Crippen molar-refractivity contribution >= 4 is 24.2 Å². The standard InChI is InChI=1S/C5H11ClS/c1-2-3-4-5(6)7/h5,7H,2-4H2,1H3. The van der Waals surface area contributed by atoms with Crippen LogP contribution in [-0.2, 0) is 0 Å². The Morgan fingerprint density at radius 1 is 1.71 bits per heavy atom. The van der Waals surface area contributed by atoms with Crippen molar-refractivity contribution in [1.82, 2.24) is 0 Å². The number of halogens is 1. The highest BCUT2D eigenvalue weighted by Gasteiger charge is 1.92. The maximum atomic E-state index is 5.52. The zero-order chi connectivity index (χ0) is 5.70. The maximum Gasteiger partial charge on any atom is 0.0759 e. The summed E-state index contributed by atoms with van der Waals surface area (Å²) in [5, 5.41) is 0. The van der Waals surface area contributed by atoms with Crippen LogP contribution in [0.2, 0.25) is 0 Å². The quantitative estimate of drug-likeness (QED) is 0.450. The third-order valence-electron chi connectivity index (χ3n) is 0.796. The summed E-state index contributed by atoms with van der Waals surface area (Å²) < 4.78 is 0.0694. The van der Waals surface area contributed by atoms with Crippen molar-refractivity contribution in [2.24, 2.45) is 0 Å². The van der Waals surface area contributed by atoms with Crippen LogP contribution in [0.5, 0.6) is 0 Å². The molecule has 0 nitrogen and oxygen atoms in total. The molecule has 0 N–H and O–H groups in total. The molecule has 0 rings (SSSR count). The van der Waals surface area contributed by atoms with Crippen LogP contribution in [0.15, 0.2) is 0 Å². The van der Waals surface area contributed by atoms with Crippen LogP contribution >= 0.6 is 24.2 Å². The third kappa shape index (κ3) is 6.64. The Kier molecular flexibility index (Phi) is 5.23. The second kappa shape index (κ2) is 4.79. The van der Waals surface area contributed by atoms with E-state index < -0.39 is 0 Å². The average molecular weight is 139 g/mol. The van der Waals surface area contributed by atoms with Gasteiger partial charge in [-0.25, -0.2) is 0 Å². The molecular weight excluding hydrogens is 128 g/mol. The van der Waals surface area contributed by atoms with Crippen LogP contribution in [0.4, 0.5) is 0 Å². The Balaban J connectivity index is 2.68. The summed E-state index contributed by atoms with van der Waals surface area (Å²) in [6.07, 6.45) is 3.43. The van der Waals surface area contributed by atoms with Crippen LogP contribution in [0.1, 0.15) is 26.2 Å². The van der Waals surface area contributed by atoms with E-state index in [1.165, 1.54) is 12.8 Å². The van der Waals surface area contributed by atoms with Crippen LogP contribution in [0.3, 0.4) is 0 Å². The molecular formula is C5H11ClS. The normalized spacial score (nSPS) is 14.1. The van der Waals surface area contributed by atoms with Gasteiger partial charge in [-0.1, -0.05) is 19.8 Å². The Morgan fingerprint density at radius 2 is 2.29 bits per heavy atom. The van der Waals surface area contributed by atoms with Crippen LogP contribution < -0.4 is 0 Å². The van der Waals surface area contributed by atoms with Crippen molar-refractivity contribution in [2.45, 2.75) is 30.9 Å². The van der Waals surface area contributed by atoms with E-state index in [-0.39, 0.29) is 4.71 Å². The number of rotatable bonds is 3. The molecule has 0 bridgehead atoms. The highest BCUT2D eigenvalue weighted by atomic mass is 35.5. The van der Waals surface area contributed by atoms with Gasteiger partial charge in [-0.2, -0.15) is 12.6 Å². The van der Waals surface area contributed by atoms with E-state index >= 15 is 0 Å². The molecule has 0 fully saturated rings. The Hall–Kier alpha value is 0.640. The van der Waals surface area contributed by atoms with E-state index in [0.717, 1.165) is 6.42 Å². The average Bonchev–Trinajstić information content (AvgIpc) is 1.61. The van der Waals surface area contributed by atoms with Gasteiger partial charge < -0.3 is 0 Å². The summed E-state index contributed by atoms with van der Waals surface area (Å²) in [5.41, 5.74) is 0. The minimum Gasteiger partial charge on any atom is -0.160 e. The van der Waals surface area contributed by atoms with E-state index in [0.29, 0.717) is 0 Å². The first-order valence-electron chi connectivity index (χ1n) is 2.59. The smallest absolute Gasteiger partial charge is 0.0759 e. The zero-order valence-corrected chi connectivity index (χ0v) is 6.17. The van der Waals surface area contributed by atoms with Gasteiger partial charge in [-0.15, -0.1) is 11.6 Å². The molecule has 1 unspecified atom stereocenters. The first kappa shape index (κ1) is 7.64. The van der Waals surface area contributed by atoms with Gasteiger partial charge in [0, 0.05) is 0 Å². The van der Waals surface area contributed by atoms with Crippen molar-refractivity contribution in [3.8, 4) is 0 Å². The monoisotopic (exact) mass is 138 g/mol. The van der Waals surface area contributed by atoms with Crippen LogP contribution in [-0.4, -0.2) is 4.71 Å². The van der Waals surface area contributed by atoms with E-state index in [2.05, 4.69) is 19.6 Å². The third-order valence-corrected chi connectivity index (χ3v) is 1.27. The molecule has 0 saturated heterocycles. The van der Waals surface area contributed by atoms with Gasteiger partial charge in [-0.3, -0.25) is 0 Å². The van der Waals surface area contributed by atoms with Gasteiger partial charge in [-0.05, 0) is 6.42 Å². The van der Waals surface area contributed by atoms with Crippen molar-refractivity contribution in [3.63, 3.8) is 0 Å². The molecule has 0 saturated carbocycles. The number of alkyl halides is 1. The summed E-state index contributed by atoms with van der Waals surface area (Å²) in [5.74, 6) is 0.